The number of hydrogen-bond acceptors (Lipinski definition) is 0. The molecule has 3 rings (SSSR count). The number of rotatable bonds is 0. The fraction of sp³-hybridized carbons (Fsp3) is 0.0909. The molecule has 0 atom stereocenters. The first-order chi connectivity index (χ1) is 6.34. The molecule has 0 spiro atoms. The van der Waals surface area contributed by atoms with E-state index in [0.717, 1.165) is 0 Å². The molecule has 2 heterocycles. The molecule has 13 heavy (non-hydrogen) atoms. The highest BCUT2D eigenvalue weighted by Gasteiger charge is 2.02. The van der Waals surface area contributed by atoms with Crippen LogP contribution in [0.5, 0.6) is 0 Å². The summed E-state index contributed by atoms with van der Waals surface area (Å²) in [6.07, 6.45) is 1.98. The van der Waals surface area contributed by atoms with Crippen LogP contribution in [-0.4, -0.2) is 9.97 Å². The van der Waals surface area contributed by atoms with Crippen LogP contribution >= 0.6 is 0 Å². The molecule has 1 aromatic carbocycles. The number of benzene rings is 1. The van der Waals surface area contributed by atoms with Crippen molar-refractivity contribution >= 4 is 21.8 Å². The van der Waals surface area contributed by atoms with E-state index in [9.17, 15) is 0 Å². The van der Waals surface area contributed by atoms with Crippen molar-refractivity contribution in [2.75, 3.05) is 0 Å². The molecular formula is C11H10N2. The molecule has 0 saturated carbocycles. The van der Waals surface area contributed by atoms with E-state index >= 15 is 0 Å². The minimum atomic E-state index is 1.20. The van der Waals surface area contributed by atoms with Crippen molar-refractivity contribution in [1.82, 2.24) is 9.97 Å². The predicted molar refractivity (Wildman–Crippen MR) is 54.9 cm³/mol. The third-order valence-electron chi connectivity index (χ3n) is 2.47. The Morgan fingerprint density at radius 1 is 1.00 bits per heavy atom. The van der Waals surface area contributed by atoms with Crippen LogP contribution in [0, 0.1) is 6.92 Å². The predicted octanol–water partition coefficient (Wildman–Crippen LogP) is 2.96. The number of hydrogen-bond donors (Lipinski definition) is 2. The first-order valence-corrected chi connectivity index (χ1v) is 4.40. The van der Waals surface area contributed by atoms with Gasteiger partial charge in [-0.05, 0) is 31.2 Å². The Hall–Kier alpha value is -1.70. The van der Waals surface area contributed by atoms with Crippen LogP contribution in [0.3, 0.4) is 0 Å². The normalized spacial score (nSPS) is 11.5. The third kappa shape index (κ3) is 0.827. The Labute approximate surface area is 75.6 Å². The third-order valence-corrected chi connectivity index (χ3v) is 2.47. The molecule has 0 amide bonds. The van der Waals surface area contributed by atoms with Gasteiger partial charge in [0.2, 0.25) is 0 Å². The van der Waals surface area contributed by atoms with Crippen LogP contribution in [0.2, 0.25) is 0 Å². The maximum absolute atomic E-state index is 3.33. The van der Waals surface area contributed by atoms with Gasteiger partial charge in [0.25, 0.3) is 0 Å². The average molecular weight is 170 g/mol. The van der Waals surface area contributed by atoms with Crippen molar-refractivity contribution in [3.63, 3.8) is 0 Å². The van der Waals surface area contributed by atoms with Gasteiger partial charge in [0.15, 0.2) is 0 Å². The van der Waals surface area contributed by atoms with Crippen molar-refractivity contribution in [3.8, 4) is 0 Å². The summed E-state index contributed by atoms with van der Waals surface area (Å²) in [4.78, 5) is 6.53. The molecule has 0 bridgehead atoms. The van der Waals surface area contributed by atoms with Crippen molar-refractivity contribution in [1.29, 1.82) is 0 Å². The van der Waals surface area contributed by atoms with Crippen LogP contribution in [0.1, 0.15) is 5.69 Å². The Kier molecular flexibility index (Phi) is 1.13. The summed E-state index contributed by atoms with van der Waals surface area (Å²) < 4.78 is 0. The highest BCUT2D eigenvalue weighted by Crippen LogP contribution is 2.24. The highest BCUT2D eigenvalue weighted by atomic mass is 14.7. The first kappa shape index (κ1) is 6.78. The fourth-order valence-corrected chi connectivity index (χ4v) is 1.89. The number of fused-ring (bicyclic) bond motifs is 3. The second-order valence-electron chi connectivity index (χ2n) is 3.42. The number of aromatic nitrogens is 2. The smallest absolute Gasteiger partial charge is 0.0463 e. The summed E-state index contributed by atoms with van der Waals surface area (Å²) in [6, 6.07) is 8.52. The molecule has 0 fully saturated rings. The molecule has 0 aliphatic heterocycles. The Bertz CT molecular complexity index is 572. The van der Waals surface area contributed by atoms with E-state index in [-0.39, 0.29) is 0 Å². The molecule has 2 aromatic heterocycles. The van der Waals surface area contributed by atoms with Crippen LogP contribution in [-0.2, 0) is 0 Å². The number of aromatic amines is 2. The second-order valence-corrected chi connectivity index (χ2v) is 3.42. The maximum atomic E-state index is 3.33. The summed E-state index contributed by atoms with van der Waals surface area (Å²) in [5, 5.41) is 2.60. The molecule has 0 radical (unpaired) electrons. The topological polar surface area (TPSA) is 31.6 Å². The van der Waals surface area contributed by atoms with E-state index in [1.165, 1.54) is 27.5 Å². The molecule has 0 aliphatic rings. The molecule has 64 valence electrons. The first-order valence-electron chi connectivity index (χ1n) is 4.40. The quantitative estimate of drug-likeness (QED) is 0.520. The summed E-state index contributed by atoms with van der Waals surface area (Å²) in [5.41, 5.74) is 3.62. The van der Waals surface area contributed by atoms with Crippen LogP contribution in [0.25, 0.3) is 21.8 Å². The van der Waals surface area contributed by atoms with Crippen LogP contribution in [0.15, 0.2) is 30.5 Å². The van der Waals surface area contributed by atoms with Gasteiger partial charge in [-0.25, -0.2) is 0 Å². The van der Waals surface area contributed by atoms with Crippen molar-refractivity contribution < 1.29 is 0 Å². The number of H-pyrrole nitrogens is 2. The van der Waals surface area contributed by atoms with Crippen LogP contribution in [0.4, 0.5) is 0 Å². The Balaban J connectivity index is 2.64. The minimum absolute atomic E-state index is 1.20. The molecule has 2 N–H and O–H groups in total. The summed E-state index contributed by atoms with van der Waals surface area (Å²) in [7, 11) is 0. The van der Waals surface area contributed by atoms with Gasteiger partial charge in [0, 0.05) is 33.7 Å². The van der Waals surface area contributed by atoms with E-state index in [0.29, 0.717) is 0 Å². The lowest BCUT2D eigenvalue weighted by molar-refractivity contribution is 1.30. The van der Waals surface area contributed by atoms with Gasteiger partial charge in [-0.2, -0.15) is 0 Å². The zero-order valence-corrected chi connectivity index (χ0v) is 7.39. The minimum Gasteiger partial charge on any atom is -0.361 e. The van der Waals surface area contributed by atoms with Crippen LogP contribution < -0.4 is 0 Å². The standard InChI is InChI=1S/C11H10N2/c1-7-6-9-8-4-5-12-10(8)2-3-11(9)13-7/h2-6,12-13H,1H3. The zero-order valence-electron chi connectivity index (χ0n) is 7.39. The second kappa shape index (κ2) is 2.16. The lowest BCUT2D eigenvalue weighted by Crippen LogP contribution is -1.69. The molecule has 0 unspecified atom stereocenters. The van der Waals surface area contributed by atoms with E-state index in [2.05, 4.69) is 41.2 Å². The van der Waals surface area contributed by atoms with Gasteiger partial charge in [-0.3, -0.25) is 0 Å². The summed E-state index contributed by atoms with van der Waals surface area (Å²) in [5.74, 6) is 0. The van der Waals surface area contributed by atoms with Crippen molar-refractivity contribution in [2.24, 2.45) is 0 Å². The van der Waals surface area contributed by atoms with Gasteiger partial charge < -0.3 is 9.97 Å². The molecule has 2 nitrogen and oxygen atoms in total. The summed E-state index contributed by atoms with van der Waals surface area (Å²) >= 11 is 0. The van der Waals surface area contributed by atoms with Gasteiger partial charge in [-0.15, -0.1) is 0 Å². The van der Waals surface area contributed by atoms with E-state index in [1.807, 2.05) is 6.20 Å². The molecule has 2 heteroatoms. The zero-order chi connectivity index (χ0) is 8.84. The lowest BCUT2D eigenvalue weighted by atomic mass is 10.2. The van der Waals surface area contributed by atoms with Gasteiger partial charge in [-0.1, -0.05) is 0 Å². The van der Waals surface area contributed by atoms with Crippen molar-refractivity contribution in [2.45, 2.75) is 6.92 Å². The largest absolute Gasteiger partial charge is 0.361 e. The Morgan fingerprint density at radius 3 is 2.77 bits per heavy atom. The highest BCUT2D eigenvalue weighted by molar-refractivity contribution is 6.05. The maximum Gasteiger partial charge on any atom is 0.0463 e. The van der Waals surface area contributed by atoms with Gasteiger partial charge in [0.05, 0.1) is 0 Å². The average Bonchev–Trinajstić information content (AvgIpc) is 2.65. The molecule has 0 saturated heterocycles. The fourth-order valence-electron chi connectivity index (χ4n) is 1.89. The van der Waals surface area contributed by atoms with E-state index < -0.39 is 0 Å². The van der Waals surface area contributed by atoms with E-state index in [4.69, 9.17) is 0 Å². The number of nitrogens with one attached hydrogen (secondary N) is 2. The van der Waals surface area contributed by atoms with E-state index in [1.54, 1.807) is 0 Å². The van der Waals surface area contributed by atoms with Crippen molar-refractivity contribution in [3.05, 3.63) is 36.2 Å². The van der Waals surface area contributed by atoms with Gasteiger partial charge >= 0.3 is 0 Å². The van der Waals surface area contributed by atoms with Gasteiger partial charge in [0.1, 0.15) is 0 Å². The summed E-state index contributed by atoms with van der Waals surface area (Å²) in [6.45, 7) is 2.08. The SMILES string of the molecule is Cc1cc2c(ccc3[nH]ccc32)[nH]1. The Morgan fingerprint density at radius 2 is 1.85 bits per heavy atom. The molecule has 3 aromatic rings. The lowest BCUT2D eigenvalue weighted by Gasteiger charge is -1.91. The number of aryl methyl sites for hydroxylation is 1. The molecule has 0 aliphatic carbocycles. The molecular weight excluding hydrogens is 160 g/mol. The monoisotopic (exact) mass is 170 g/mol.